The number of nitriles is 1. The topological polar surface area (TPSA) is 79.0 Å². The number of nitro benzene ring substituents is 1. The highest BCUT2D eigenvalue weighted by atomic mass is 32.2. The molecule has 1 aliphatic rings. The Morgan fingerprint density at radius 2 is 2.28 bits per heavy atom. The highest BCUT2D eigenvalue weighted by Crippen LogP contribution is 2.36. The van der Waals surface area contributed by atoms with Crippen LogP contribution in [0.25, 0.3) is 0 Å². The minimum atomic E-state index is -0.860. The standard InChI is InChI=1S/C12H11N3O2S/c1-9-6-12(7-13,8-18-9)14-10-4-2-3-5-11(10)15(16)17/h2-6,14H,8H2,1H3. The van der Waals surface area contributed by atoms with E-state index >= 15 is 0 Å². The molecule has 0 aromatic heterocycles. The van der Waals surface area contributed by atoms with Crippen molar-refractivity contribution in [3.63, 3.8) is 0 Å². The second-order valence-electron chi connectivity index (χ2n) is 4.03. The molecule has 2 rings (SSSR count). The molecule has 92 valence electrons. The van der Waals surface area contributed by atoms with Gasteiger partial charge in [0.05, 0.1) is 11.0 Å². The maximum atomic E-state index is 10.9. The number of para-hydroxylation sites is 2. The highest BCUT2D eigenvalue weighted by Gasteiger charge is 2.34. The van der Waals surface area contributed by atoms with Crippen LogP contribution in [0.2, 0.25) is 0 Å². The molecular formula is C12H11N3O2S. The third-order valence-corrected chi connectivity index (χ3v) is 3.81. The van der Waals surface area contributed by atoms with Crippen LogP contribution in [0.3, 0.4) is 0 Å². The Morgan fingerprint density at radius 3 is 2.83 bits per heavy atom. The molecule has 0 fully saturated rings. The molecule has 0 saturated heterocycles. The Morgan fingerprint density at radius 1 is 1.56 bits per heavy atom. The van der Waals surface area contributed by atoms with E-state index in [2.05, 4.69) is 11.4 Å². The van der Waals surface area contributed by atoms with E-state index in [-0.39, 0.29) is 5.69 Å². The lowest BCUT2D eigenvalue weighted by Crippen LogP contribution is -2.35. The van der Waals surface area contributed by atoms with Gasteiger partial charge in [0.25, 0.3) is 5.69 Å². The van der Waals surface area contributed by atoms with Crippen LogP contribution in [0, 0.1) is 21.4 Å². The van der Waals surface area contributed by atoms with Crippen molar-refractivity contribution in [3.05, 3.63) is 45.4 Å². The monoisotopic (exact) mass is 261 g/mol. The van der Waals surface area contributed by atoms with E-state index in [1.165, 1.54) is 6.07 Å². The number of nitrogens with one attached hydrogen (secondary N) is 1. The second kappa shape index (κ2) is 4.70. The van der Waals surface area contributed by atoms with E-state index in [0.717, 1.165) is 4.91 Å². The molecule has 1 unspecified atom stereocenters. The average molecular weight is 261 g/mol. The first kappa shape index (κ1) is 12.5. The molecule has 0 spiro atoms. The van der Waals surface area contributed by atoms with Gasteiger partial charge in [0.1, 0.15) is 5.69 Å². The summed E-state index contributed by atoms with van der Waals surface area (Å²) in [5, 5.41) is 23.2. The SMILES string of the molecule is CC1=CC(C#N)(Nc2ccccc2[N+](=O)[O-])CS1. The van der Waals surface area contributed by atoms with Gasteiger partial charge in [-0.3, -0.25) is 10.1 Å². The van der Waals surface area contributed by atoms with Crippen LogP contribution < -0.4 is 5.32 Å². The van der Waals surface area contributed by atoms with Gasteiger partial charge in [-0.2, -0.15) is 5.26 Å². The van der Waals surface area contributed by atoms with Crippen LogP contribution in [0.15, 0.2) is 35.2 Å². The molecule has 1 aromatic carbocycles. The summed E-state index contributed by atoms with van der Waals surface area (Å²) < 4.78 is 0. The molecule has 5 nitrogen and oxygen atoms in total. The quantitative estimate of drug-likeness (QED) is 0.668. The number of hydrogen-bond acceptors (Lipinski definition) is 5. The zero-order chi connectivity index (χ0) is 13.2. The lowest BCUT2D eigenvalue weighted by molar-refractivity contribution is -0.384. The van der Waals surface area contributed by atoms with Gasteiger partial charge in [0.15, 0.2) is 5.54 Å². The third-order valence-electron chi connectivity index (χ3n) is 2.64. The maximum Gasteiger partial charge on any atom is 0.292 e. The van der Waals surface area contributed by atoms with E-state index < -0.39 is 10.5 Å². The predicted molar refractivity (Wildman–Crippen MR) is 71.3 cm³/mol. The number of allylic oxidation sites excluding steroid dienone is 1. The smallest absolute Gasteiger partial charge is 0.292 e. The fraction of sp³-hybridized carbons (Fsp3) is 0.250. The summed E-state index contributed by atoms with van der Waals surface area (Å²) in [7, 11) is 0. The lowest BCUT2D eigenvalue weighted by atomic mass is 10.0. The van der Waals surface area contributed by atoms with E-state index in [0.29, 0.717) is 11.4 Å². The number of hydrogen-bond donors (Lipinski definition) is 1. The number of rotatable bonds is 3. The molecule has 1 aliphatic heterocycles. The average Bonchev–Trinajstić information content (AvgIpc) is 2.72. The zero-order valence-corrected chi connectivity index (χ0v) is 10.5. The van der Waals surface area contributed by atoms with Crippen molar-refractivity contribution in [1.82, 2.24) is 0 Å². The molecule has 0 aliphatic carbocycles. The van der Waals surface area contributed by atoms with Crippen LogP contribution >= 0.6 is 11.8 Å². The van der Waals surface area contributed by atoms with E-state index in [1.54, 1.807) is 30.0 Å². The van der Waals surface area contributed by atoms with Crippen LogP contribution in [0.4, 0.5) is 11.4 Å². The van der Waals surface area contributed by atoms with Crippen molar-refractivity contribution >= 4 is 23.1 Å². The van der Waals surface area contributed by atoms with E-state index in [9.17, 15) is 15.4 Å². The van der Waals surface area contributed by atoms with Gasteiger partial charge in [0.2, 0.25) is 0 Å². The van der Waals surface area contributed by atoms with Gasteiger partial charge in [-0.25, -0.2) is 0 Å². The van der Waals surface area contributed by atoms with Gasteiger partial charge in [-0.15, -0.1) is 11.8 Å². The molecule has 0 bridgehead atoms. The number of nitrogens with zero attached hydrogens (tertiary/aromatic N) is 2. The zero-order valence-electron chi connectivity index (χ0n) is 9.71. The largest absolute Gasteiger partial charge is 0.358 e. The fourth-order valence-electron chi connectivity index (χ4n) is 1.80. The van der Waals surface area contributed by atoms with Gasteiger partial charge < -0.3 is 5.32 Å². The van der Waals surface area contributed by atoms with E-state index in [1.807, 2.05) is 13.0 Å². The van der Waals surface area contributed by atoms with Gasteiger partial charge >= 0.3 is 0 Å². The minimum Gasteiger partial charge on any atom is -0.358 e. The molecule has 1 aromatic rings. The van der Waals surface area contributed by atoms with Crippen LogP contribution in [-0.2, 0) is 0 Å². The van der Waals surface area contributed by atoms with Crippen LogP contribution in [0.1, 0.15) is 6.92 Å². The van der Waals surface area contributed by atoms with Crippen molar-refractivity contribution in [1.29, 1.82) is 5.26 Å². The van der Waals surface area contributed by atoms with Gasteiger partial charge in [0, 0.05) is 11.8 Å². The minimum absolute atomic E-state index is 0.0184. The Bertz CT molecular complexity index is 565. The highest BCUT2D eigenvalue weighted by molar-refractivity contribution is 8.03. The summed E-state index contributed by atoms with van der Waals surface area (Å²) >= 11 is 1.57. The molecule has 0 amide bonds. The van der Waals surface area contributed by atoms with Crippen LogP contribution in [-0.4, -0.2) is 16.2 Å². The molecule has 6 heteroatoms. The second-order valence-corrected chi connectivity index (χ2v) is 5.25. The fourth-order valence-corrected chi connectivity index (χ4v) is 2.76. The summed E-state index contributed by atoms with van der Waals surface area (Å²) in [4.78, 5) is 11.5. The molecule has 0 saturated carbocycles. The summed E-state index contributed by atoms with van der Waals surface area (Å²) in [6.07, 6.45) is 1.81. The summed E-state index contributed by atoms with van der Waals surface area (Å²) in [6.45, 7) is 1.92. The molecule has 18 heavy (non-hydrogen) atoms. The van der Waals surface area contributed by atoms with Crippen molar-refractivity contribution in [3.8, 4) is 6.07 Å². The Labute approximate surface area is 109 Å². The Hall–Kier alpha value is -2.00. The summed E-state index contributed by atoms with van der Waals surface area (Å²) in [6, 6.07) is 8.54. The first-order valence-electron chi connectivity index (χ1n) is 5.31. The number of benzene rings is 1. The first-order chi connectivity index (χ1) is 8.56. The van der Waals surface area contributed by atoms with Gasteiger partial charge in [-0.1, -0.05) is 12.1 Å². The predicted octanol–water partition coefficient (Wildman–Crippen LogP) is 2.92. The van der Waals surface area contributed by atoms with Crippen molar-refractivity contribution in [2.24, 2.45) is 0 Å². The van der Waals surface area contributed by atoms with Crippen LogP contribution in [0.5, 0.6) is 0 Å². The first-order valence-corrected chi connectivity index (χ1v) is 6.30. The lowest BCUT2D eigenvalue weighted by Gasteiger charge is -2.20. The molecule has 1 heterocycles. The maximum absolute atomic E-state index is 10.9. The summed E-state index contributed by atoms with van der Waals surface area (Å²) in [5.41, 5.74) is -0.508. The third kappa shape index (κ3) is 2.31. The van der Waals surface area contributed by atoms with Gasteiger partial charge in [-0.05, 0) is 24.0 Å². The molecule has 1 atom stereocenters. The van der Waals surface area contributed by atoms with Crippen molar-refractivity contribution < 1.29 is 4.92 Å². The summed E-state index contributed by atoms with van der Waals surface area (Å²) in [5.74, 6) is 0.557. The number of nitro groups is 1. The Balaban J connectivity index is 2.35. The van der Waals surface area contributed by atoms with E-state index in [4.69, 9.17) is 0 Å². The normalized spacial score (nSPS) is 22.1. The molecule has 1 N–H and O–H groups in total. The Kier molecular flexibility index (Phi) is 3.26. The molecule has 0 radical (unpaired) electrons. The number of anilines is 1. The number of thioether (sulfide) groups is 1. The molecular weight excluding hydrogens is 250 g/mol. The van der Waals surface area contributed by atoms with Crippen molar-refractivity contribution in [2.75, 3.05) is 11.1 Å². The van der Waals surface area contributed by atoms with Crippen molar-refractivity contribution in [2.45, 2.75) is 12.5 Å².